The lowest BCUT2D eigenvalue weighted by atomic mass is 9.91. The number of carbonyl (C=O) groups excluding carboxylic acids is 1. The SMILES string of the molecule is COC(=O)C(N)(COC1CCC1)c1ccccc1. The average Bonchev–Trinajstić information content (AvgIpc) is 2.36. The number of carbonyl (C=O) groups is 1. The fraction of sp³-hybridized carbons (Fsp3) is 0.500. The van der Waals surface area contributed by atoms with Crippen LogP contribution < -0.4 is 5.73 Å². The van der Waals surface area contributed by atoms with Crippen molar-refractivity contribution in [1.29, 1.82) is 0 Å². The summed E-state index contributed by atoms with van der Waals surface area (Å²) in [5.41, 5.74) is 5.70. The molecular formula is C14H19NO3. The molecule has 0 aromatic heterocycles. The van der Waals surface area contributed by atoms with Crippen LogP contribution in [0, 0.1) is 0 Å². The Hall–Kier alpha value is -1.39. The van der Waals surface area contributed by atoms with Crippen LogP contribution in [0.2, 0.25) is 0 Å². The van der Waals surface area contributed by atoms with Crippen molar-refractivity contribution in [2.75, 3.05) is 13.7 Å². The maximum Gasteiger partial charge on any atom is 0.332 e. The highest BCUT2D eigenvalue weighted by Crippen LogP contribution is 2.26. The third kappa shape index (κ3) is 2.54. The summed E-state index contributed by atoms with van der Waals surface area (Å²) in [4.78, 5) is 11.9. The van der Waals surface area contributed by atoms with E-state index in [2.05, 4.69) is 0 Å². The van der Waals surface area contributed by atoms with E-state index in [0.717, 1.165) is 18.4 Å². The van der Waals surface area contributed by atoms with Crippen molar-refractivity contribution in [1.82, 2.24) is 0 Å². The third-order valence-corrected chi connectivity index (χ3v) is 3.44. The summed E-state index contributed by atoms with van der Waals surface area (Å²) >= 11 is 0. The van der Waals surface area contributed by atoms with Gasteiger partial charge in [-0.15, -0.1) is 0 Å². The van der Waals surface area contributed by atoms with Crippen molar-refractivity contribution in [3.8, 4) is 0 Å². The monoisotopic (exact) mass is 249 g/mol. The minimum Gasteiger partial charge on any atom is -0.467 e. The molecule has 0 spiro atoms. The van der Waals surface area contributed by atoms with Crippen LogP contribution in [-0.2, 0) is 19.8 Å². The first-order valence-corrected chi connectivity index (χ1v) is 6.21. The van der Waals surface area contributed by atoms with Gasteiger partial charge in [0, 0.05) is 0 Å². The normalized spacial score (nSPS) is 18.8. The van der Waals surface area contributed by atoms with Gasteiger partial charge >= 0.3 is 5.97 Å². The van der Waals surface area contributed by atoms with E-state index in [-0.39, 0.29) is 12.7 Å². The number of hydrogen-bond acceptors (Lipinski definition) is 4. The summed E-state index contributed by atoms with van der Waals surface area (Å²) in [5.74, 6) is -0.465. The quantitative estimate of drug-likeness (QED) is 0.805. The Morgan fingerprint density at radius 3 is 2.56 bits per heavy atom. The molecule has 0 heterocycles. The van der Waals surface area contributed by atoms with Crippen molar-refractivity contribution in [2.24, 2.45) is 5.73 Å². The first kappa shape index (κ1) is 13.1. The van der Waals surface area contributed by atoms with Gasteiger partial charge in [-0.25, -0.2) is 4.79 Å². The molecule has 98 valence electrons. The second-order valence-corrected chi connectivity index (χ2v) is 4.69. The summed E-state index contributed by atoms with van der Waals surface area (Å²) in [6, 6.07) is 9.22. The highest BCUT2D eigenvalue weighted by Gasteiger charge is 2.38. The fourth-order valence-corrected chi connectivity index (χ4v) is 1.96. The Labute approximate surface area is 107 Å². The molecular weight excluding hydrogens is 230 g/mol. The highest BCUT2D eigenvalue weighted by molar-refractivity contribution is 5.82. The summed E-state index contributed by atoms with van der Waals surface area (Å²) in [6.07, 6.45) is 3.52. The largest absolute Gasteiger partial charge is 0.467 e. The molecule has 1 aliphatic rings. The van der Waals surface area contributed by atoms with Crippen LogP contribution in [0.5, 0.6) is 0 Å². The van der Waals surface area contributed by atoms with Crippen LogP contribution >= 0.6 is 0 Å². The van der Waals surface area contributed by atoms with Crippen LogP contribution in [0.3, 0.4) is 0 Å². The Kier molecular flexibility index (Phi) is 3.99. The van der Waals surface area contributed by atoms with Crippen molar-refractivity contribution in [3.05, 3.63) is 35.9 Å². The molecule has 4 heteroatoms. The number of benzene rings is 1. The molecule has 0 amide bonds. The maximum atomic E-state index is 11.9. The van der Waals surface area contributed by atoms with Crippen LogP contribution in [0.25, 0.3) is 0 Å². The predicted molar refractivity (Wildman–Crippen MR) is 67.9 cm³/mol. The molecule has 1 fully saturated rings. The molecule has 1 aromatic carbocycles. The molecule has 1 atom stereocenters. The second-order valence-electron chi connectivity index (χ2n) is 4.69. The van der Waals surface area contributed by atoms with Gasteiger partial charge in [0.15, 0.2) is 5.54 Å². The van der Waals surface area contributed by atoms with E-state index in [1.165, 1.54) is 13.5 Å². The van der Waals surface area contributed by atoms with Crippen LogP contribution in [0.1, 0.15) is 24.8 Å². The van der Waals surface area contributed by atoms with Gasteiger partial charge in [-0.1, -0.05) is 30.3 Å². The lowest BCUT2D eigenvalue weighted by molar-refractivity contribution is -0.152. The number of nitrogens with two attached hydrogens (primary N) is 1. The summed E-state index contributed by atoms with van der Waals surface area (Å²) in [5, 5.41) is 0. The number of rotatable bonds is 5. The topological polar surface area (TPSA) is 61.5 Å². The first-order valence-electron chi connectivity index (χ1n) is 6.21. The van der Waals surface area contributed by atoms with E-state index in [4.69, 9.17) is 15.2 Å². The third-order valence-electron chi connectivity index (χ3n) is 3.44. The molecule has 1 aliphatic carbocycles. The summed E-state index contributed by atoms with van der Waals surface area (Å²) in [6.45, 7) is 0.161. The Morgan fingerprint density at radius 2 is 2.06 bits per heavy atom. The zero-order chi connectivity index (χ0) is 13.0. The van der Waals surface area contributed by atoms with E-state index in [0.29, 0.717) is 0 Å². The van der Waals surface area contributed by atoms with Gasteiger partial charge in [-0.2, -0.15) is 0 Å². The maximum absolute atomic E-state index is 11.9. The number of hydrogen-bond donors (Lipinski definition) is 1. The van der Waals surface area contributed by atoms with Gasteiger partial charge in [0.1, 0.15) is 0 Å². The van der Waals surface area contributed by atoms with Crippen LogP contribution in [-0.4, -0.2) is 25.8 Å². The molecule has 2 N–H and O–H groups in total. The van der Waals surface area contributed by atoms with Crippen molar-refractivity contribution >= 4 is 5.97 Å². The lowest BCUT2D eigenvalue weighted by Gasteiger charge is -2.32. The zero-order valence-electron chi connectivity index (χ0n) is 10.6. The average molecular weight is 249 g/mol. The van der Waals surface area contributed by atoms with Crippen LogP contribution in [0.4, 0.5) is 0 Å². The predicted octanol–water partition coefficient (Wildman–Crippen LogP) is 1.58. The van der Waals surface area contributed by atoms with Gasteiger partial charge in [0.05, 0.1) is 19.8 Å². The minimum atomic E-state index is -1.22. The molecule has 1 aromatic rings. The van der Waals surface area contributed by atoms with Crippen molar-refractivity contribution in [2.45, 2.75) is 30.9 Å². The van der Waals surface area contributed by atoms with Gasteiger partial charge in [0.2, 0.25) is 0 Å². The van der Waals surface area contributed by atoms with E-state index < -0.39 is 11.5 Å². The second kappa shape index (κ2) is 5.50. The summed E-state index contributed by atoms with van der Waals surface area (Å²) < 4.78 is 10.5. The minimum absolute atomic E-state index is 0.161. The van der Waals surface area contributed by atoms with Gasteiger partial charge in [0.25, 0.3) is 0 Å². The first-order chi connectivity index (χ1) is 8.66. The highest BCUT2D eigenvalue weighted by atomic mass is 16.5. The number of ether oxygens (including phenoxy) is 2. The molecule has 0 saturated heterocycles. The molecule has 0 bridgehead atoms. The van der Waals surface area contributed by atoms with Gasteiger partial charge in [-0.3, -0.25) is 0 Å². The summed E-state index contributed by atoms with van der Waals surface area (Å²) in [7, 11) is 1.34. The van der Waals surface area contributed by atoms with Crippen molar-refractivity contribution in [3.63, 3.8) is 0 Å². The molecule has 4 nitrogen and oxygen atoms in total. The Bertz CT molecular complexity index is 403. The van der Waals surface area contributed by atoms with E-state index in [1.807, 2.05) is 30.3 Å². The zero-order valence-corrected chi connectivity index (χ0v) is 10.6. The fourth-order valence-electron chi connectivity index (χ4n) is 1.96. The number of methoxy groups -OCH3 is 1. The molecule has 0 radical (unpaired) electrons. The molecule has 1 unspecified atom stereocenters. The number of esters is 1. The van der Waals surface area contributed by atoms with Gasteiger partial charge in [-0.05, 0) is 24.8 Å². The molecule has 1 saturated carbocycles. The van der Waals surface area contributed by atoms with Crippen LogP contribution in [0.15, 0.2) is 30.3 Å². The molecule has 18 heavy (non-hydrogen) atoms. The molecule has 2 rings (SSSR count). The van der Waals surface area contributed by atoms with Crippen molar-refractivity contribution < 1.29 is 14.3 Å². The Balaban J connectivity index is 2.14. The van der Waals surface area contributed by atoms with E-state index >= 15 is 0 Å². The van der Waals surface area contributed by atoms with E-state index in [9.17, 15) is 4.79 Å². The molecule has 0 aliphatic heterocycles. The standard InChI is InChI=1S/C14H19NO3/c1-17-13(16)14(15,10-18-12-8-5-9-12)11-6-3-2-4-7-11/h2-4,6-7,12H,5,8-10,15H2,1H3. The lowest BCUT2D eigenvalue weighted by Crippen LogP contribution is -2.50. The smallest absolute Gasteiger partial charge is 0.332 e. The van der Waals surface area contributed by atoms with E-state index in [1.54, 1.807) is 0 Å². The van der Waals surface area contributed by atoms with Gasteiger partial charge < -0.3 is 15.2 Å². The Morgan fingerprint density at radius 1 is 1.39 bits per heavy atom.